The number of carbonyl (C=O) groups excluding carboxylic acids is 1. The van der Waals surface area contributed by atoms with Gasteiger partial charge >= 0.3 is 0 Å². The van der Waals surface area contributed by atoms with Gasteiger partial charge in [-0.3, -0.25) is 9.78 Å². The number of hydrogen-bond donors (Lipinski definition) is 0. The summed E-state index contributed by atoms with van der Waals surface area (Å²) >= 11 is 3.19. The van der Waals surface area contributed by atoms with Gasteiger partial charge in [-0.2, -0.15) is 11.3 Å². The topological polar surface area (TPSA) is 59.0 Å². The summed E-state index contributed by atoms with van der Waals surface area (Å²) in [6, 6.07) is 5.91. The molecule has 0 bridgehead atoms. The molecule has 3 aromatic heterocycles. The van der Waals surface area contributed by atoms with Crippen LogP contribution in [0.25, 0.3) is 0 Å². The third-order valence-corrected chi connectivity index (χ3v) is 6.56. The molecule has 1 aliphatic heterocycles. The van der Waals surface area contributed by atoms with Gasteiger partial charge in [0.2, 0.25) is 0 Å². The van der Waals surface area contributed by atoms with Crippen molar-refractivity contribution in [3.8, 4) is 0 Å². The molecule has 1 amide bonds. The van der Waals surface area contributed by atoms with Crippen LogP contribution in [0.15, 0.2) is 52.7 Å². The molecule has 7 heteroatoms. The highest BCUT2D eigenvalue weighted by molar-refractivity contribution is 7.98. The second-order valence-electron chi connectivity index (χ2n) is 6.97. The van der Waals surface area contributed by atoms with Crippen LogP contribution in [-0.2, 0) is 5.75 Å². The Hall–Kier alpha value is -2.25. The van der Waals surface area contributed by atoms with Gasteiger partial charge in [-0.15, -0.1) is 0 Å². The number of aromatic nitrogens is 3. The molecule has 5 nitrogen and oxygen atoms in total. The Labute approximate surface area is 173 Å². The first-order valence-corrected chi connectivity index (χ1v) is 11.3. The lowest BCUT2D eigenvalue weighted by atomic mass is 9.92. The number of piperidine rings is 1. The van der Waals surface area contributed by atoms with E-state index in [1.54, 1.807) is 29.3 Å². The van der Waals surface area contributed by atoms with Crippen molar-refractivity contribution in [1.82, 2.24) is 19.9 Å². The second kappa shape index (κ2) is 8.84. The molecule has 0 spiro atoms. The third-order valence-electron chi connectivity index (χ3n) is 4.94. The van der Waals surface area contributed by atoms with Gasteiger partial charge < -0.3 is 4.90 Å². The first-order chi connectivity index (χ1) is 13.7. The van der Waals surface area contributed by atoms with Crippen LogP contribution in [0.3, 0.4) is 0 Å². The average molecular weight is 411 g/mol. The lowest BCUT2D eigenvalue weighted by Crippen LogP contribution is -2.39. The Morgan fingerprint density at radius 2 is 2.29 bits per heavy atom. The van der Waals surface area contributed by atoms with Crippen LogP contribution in [0.5, 0.6) is 0 Å². The molecule has 144 valence electrons. The molecule has 1 fully saturated rings. The number of pyridine rings is 1. The van der Waals surface area contributed by atoms with Gasteiger partial charge in [-0.05, 0) is 48.4 Å². The van der Waals surface area contributed by atoms with Crippen LogP contribution >= 0.6 is 23.1 Å². The van der Waals surface area contributed by atoms with Crippen LogP contribution in [0.4, 0.5) is 0 Å². The van der Waals surface area contributed by atoms with E-state index in [0.717, 1.165) is 59.2 Å². The summed E-state index contributed by atoms with van der Waals surface area (Å²) in [7, 11) is 0. The molecule has 0 aromatic carbocycles. The van der Waals surface area contributed by atoms with Gasteiger partial charge in [-0.1, -0.05) is 17.8 Å². The van der Waals surface area contributed by atoms with E-state index in [9.17, 15) is 4.79 Å². The first kappa shape index (κ1) is 19.1. The molecule has 0 radical (unpaired) electrons. The Bertz CT molecular complexity index is 931. The highest BCUT2D eigenvalue weighted by atomic mass is 32.2. The van der Waals surface area contributed by atoms with Crippen LogP contribution in [0, 0.1) is 6.92 Å². The zero-order chi connectivity index (χ0) is 19.3. The van der Waals surface area contributed by atoms with Crippen molar-refractivity contribution in [2.24, 2.45) is 0 Å². The summed E-state index contributed by atoms with van der Waals surface area (Å²) in [4.78, 5) is 28.2. The summed E-state index contributed by atoms with van der Waals surface area (Å²) in [5.41, 5.74) is 4.12. The lowest BCUT2D eigenvalue weighted by Gasteiger charge is -2.33. The van der Waals surface area contributed by atoms with Gasteiger partial charge in [0.25, 0.3) is 5.91 Å². The minimum Gasteiger partial charge on any atom is -0.338 e. The Morgan fingerprint density at radius 1 is 1.36 bits per heavy atom. The smallest absolute Gasteiger partial charge is 0.254 e. The molecule has 1 atom stereocenters. The maximum atomic E-state index is 12.7. The zero-order valence-electron chi connectivity index (χ0n) is 15.7. The minimum atomic E-state index is 0.129. The van der Waals surface area contributed by atoms with E-state index in [4.69, 9.17) is 4.98 Å². The molecule has 4 rings (SSSR count). The van der Waals surface area contributed by atoms with Crippen molar-refractivity contribution in [3.05, 3.63) is 69.9 Å². The van der Waals surface area contributed by atoms with Crippen molar-refractivity contribution >= 4 is 29.0 Å². The average Bonchev–Trinajstić information content (AvgIpc) is 3.28. The maximum absolute atomic E-state index is 12.7. The van der Waals surface area contributed by atoms with Gasteiger partial charge in [0, 0.05) is 48.7 Å². The Morgan fingerprint density at radius 3 is 3.07 bits per heavy atom. The quantitative estimate of drug-likeness (QED) is 0.456. The third kappa shape index (κ3) is 4.42. The Balaban J connectivity index is 1.47. The molecular formula is C21H22N4OS2. The number of amides is 1. The number of carbonyl (C=O) groups is 1. The zero-order valence-corrected chi connectivity index (χ0v) is 17.4. The van der Waals surface area contributed by atoms with Crippen LogP contribution < -0.4 is 0 Å². The van der Waals surface area contributed by atoms with Crippen molar-refractivity contribution < 1.29 is 4.79 Å². The molecular weight excluding hydrogens is 388 g/mol. The fourth-order valence-electron chi connectivity index (χ4n) is 3.51. The molecule has 1 unspecified atom stereocenters. The summed E-state index contributed by atoms with van der Waals surface area (Å²) in [5.74, 6) is 1.19. The number of thioether (sulfide) groups is 1. The monoisotopic (exact) mass is 410 g/mol. The number of likely N-dealkylation sites (tertiary alicyclic amines) is 1. The molecule has 1 saturated heterocycles. The van der Waals surface area contributed by atoms with Crippen molar-refractivity contribution in [2.45, 2.75) is 36.6 Å². The first-order valence-electron chi connectivity index (χ1n) is 9.37. The van der Waals surface area contributed by atoms with Crippen molar-refractivity contribution in [2.75, 3.05) is 13.1 Å². The van der Waals surface area contributed by atoms with E-state index in [1.165, 1.54) is 0 Å². The summed E-state index contributed by atoms with van der Waals surface area (Å²) in [6.45, 7) is 3.60. The van der Waals surface area contributed by atoms with Crippen molar-refractivity contribution in [3.63, 3.8) is 0 Å². The van der Waals surface area contributed by atoms with Gasteiger partial charge in [-0.25, -0.2) is 9.97 Å². The van der Waals surface area contributed by atoms with E-state index in [-0.39, 0.29) is 11.8 Å². The maximum Gasteiger partial charge on any atom is 0.254 e. The molecule has 1 aliphatic rings. The predicted molar refractivity (Wildman–Crippen MR) is 113 cm³/mol. The van der Waals surface area contributed by atoms with Crippen LogP contribution in [-0.4, -0.2) is 38.8 Å². The van der Waals surface area contributed by atoms with Gasteiger partial charge in [0.15, 0.2) is 5.16 Å². The van der Waals surface area contributed by atoms with E-state index in [0.29, 0.717) is 0 Å². The SMILES string of the molecule is Cc1cnc(SCc2cccnc2)nc1C1CCCN(C(=O)c2ccsc2)C1. The van der Waals surface area contributed by atoms with E-state index in [1.807, 2.05) is 40.2 Å². The van der Waals surface area contributed by atoms with Gasteiger partial charge in [0.1, 0.15) is 0 Å². The fraction of sp³-hybridized carbons (Fsp3) is 0.333. The highest BCUT2D eigenvalue weighted by Gasteiger charge is 2.27. The number of rotatable bonds is 5. The normalized spacial score (nSPS) is 16.9. The van der Waals surface area contributed by atoms with Gasteiger partial charge in [0.05, 0.1) is 11.3 Å². The standard InChI is InChI=1S/C21H22N4OS2/c1-15-10-23-21(28-13-16-4-2-7-22-11-16)24-19(15)17-5-3-8-25(12-17)20(26)18-6-9-27-14-18/h2,4,6-7,9-11,14,17H,3,5,8,12-13H2,1H3. The lowest BCUT2D eigenvalue weighted by molar-refractivity contribution is 0.0706. The Kier molecular flexibility index (Phi) is 6.02. The number of nitrogens with zero attached hydrogens (tertiary/aromatic N) is 4. The van der Waals surface area contributed by atoms with Crippen LogP contribution in [0.1, 0.15) is 45.9 Å². The predicted octanol–water partition coefficient (Wildman–Crippen LogP) is 4.55. The van der Waals surface area contributed by atoms with E-state index >= 15 is 0 Å². The number of thiophene rings is 1. The molecule has 0 N–H and O–H groups in total. The summed E-state index contributed by atoms with van der Waals surface area (Å²) in [5, 5.41) is 4.66. The van der Waals surface area contributed by atoms with Crippen LogP contribution in [0.2, 0.25) is 0 Å². The summed E-state index contributed by atoms with van der Waals surface area (Å²) in [6.07, 6.45) is 7.62. The van der Waals surface area contributed by atoms with E-state index < -0.39 is 0 Å². The molecule has 0 aliphatic carbocycles. The summed E-state index contributed by atoms with van der Waals surface area (Å²) < 4.78 is 0. The molecule has 0 saturated carbocycles. The minimum absolute atomic E-state index is 0.129. The number of hydrogen-bond acceptors (Lipinski definition) is 6. The van der Waals surface area contributed by atoms with E-state index in [2.05, 4.69) is 23.0 Å². The fourth-order valence-corrected chi connectivity index (χ4v) is 4.89. The number of aryl methyl sites for hydroxylation is 1. The molecule has 4 heterocycles. The molecule has 28 heavy (non-hydrogen) atoms. The second-order valence-corrected chi connectivity index (χ2v) is 8.70. The largest absolute Gasteiger partial charge is 0.338 e. The van der Waals surface area contributed by atoms with Crippen molar-refractivity contribution in [1.29, 1.82) is 0 Å². The highest BCUT2D eigenvalue weighted by Crippen LogP contribution is 2.30. The molecule has 3 aromatic rings.